The Morgan fingerprint density at radius 3 is 2.48 bits per heavy atom. The number of amides is 3. The van der Waals surface area contributed by atoms with E-state index in [9.17, 15) is 23.9 Å². The van der Waals surface area contributed by atoms with Crippen molar-refractivity contribution in [3.63, 3.8) is 0 Å². The zero-order chi connectivity index (χ0) is 20.5. The molecule has 5 atom stereocenters. The van der Waals surface area contributed by atoms with Crippen LogP contribution in [0.3, 0.4) is 0 Å². The summed E-state index contributed by atoms with van der Waals surface area (Å²) in [6, 6.07) is 11.6. The van der Waals surface area contributed by atoms with Gasteiger partial charge in [-0.2, -0.15) is 0 Å². The maximum atomic E-state index is 14.4. The minimum absolute atomic E-state index is 0.150. The molecule has 2 aromatic carbocycles. The number of fused-ring (bicyclic) bond motifs is 4. The second-order valence-corrected chi connectivity index (χ2v) is 7.69. The summed E-state index contributed by atoms with van der Waals surface area (Å²) in [6.07, 6.45) is -1.01. The van der Waals surface area contributed by atoms with Crippen LogP contribution in [0.2, 0.25) is 0 Å². The lowest BCUT2D eigenvalue weighted by atomic mass is 9.76. The molecule has 1 spiro atoms. The summed E-state index contributed by atoms with van der Waals surface area (Å²) < 4.78 is 14.4. The zero-order valence-corrected chi connectivity index (χ0v) is 15.4. The number of para-hydroxylation sites is 2. The number of aliphatic hydroxyl groups excluding tert-OH is 1. The number of carbonyl (C=O) groups is 3. The Morgan fingerprint density at radius 1 is 1.07 bits per heavy atom. The maximum Gasteiger partial charge on any atom is 0.250 e. The van der Waals surface area contributed by atoms with E-state index in [1.165, 1.54) is 31.2 Å². The van der Waals surface area contributed by atoms with E-state index in [-0.39, 0.29) is 5.69 Å². The normalized spacial score (nSPS) is 31.2. The molecule has 0 aliphatic carbocycles. The molecule has 5 rings (SSSR count). The fourth-order valence-corrected chi connectivity index (χ4v) is 4.97. The third kappa shape index (κ3) is 2.15. The number of nitrogens with one attached hydrogen (secondary N) is 2. The smallest absolute Gasteiger partial charge is 0.250 e. The second-order valence-electron chi connectivity index (χ2n) is 7.69. The predicted molar refractivity (Wildman–Crippen MR) is 101 cm³/mol. The van der Waals surface area contributed by atoms with Crippen molar-refractivity contribution in [2.45, 2.75) is 24.6 Å². The zero-order valence-electron chi connectivity index (χ0n) is 15.4. The topological polar surface area (TPSA) is 98.7 Å². The molecule has 7 nitrogen and oxygen atoms in total. The van der Waals surface area contributed by atoms with E-state index >= 15 is 0 Å². The van der Waals surface area contributed by atoms with Gasteiger partial charge < -0.3 is 10.4 Å². The van der Waals surface area contributed by atoms with Gasteiger partial charge in [0.05, 0.1) is 23.6 Å². The highest BCUT2D eigenvalue weighted by molar-refractivity contribution is 6.25. The number of nitrogens with zero attached hydrogens (tertiary/aromatic N) is 1. The minimum Gasteiger partial charge on any atom is -0.392 e. The molecule has 2 aromatic rings. The highest BCUT2D eigenvalue weighted by Gasteiger charge is 2.71. The van der Waals surface area contributed by atoms with Crippen LogP contribution >= 0.6 is 0 Å². The lowest BCUT2D eigenvalue weighted by molar-refractivity contribution is -0.130. The summed E-state index contributed by atoms with van der Waals surface area (Å²) >= 11 is 0. The first-order chi connectivity index (χ1) is 13.9. The summed E-state index contributed by atoms with van der Waals surface area (Å²) in [4.78, 5) is 40.7. The Bertz CT molecular complexity index is 1070. The summed E-state index contributed by atoms with van der Waals surface area (Å²) in [6.45, 7) is 1.50. The number of anilines is 2. The van der Waals surface area contributed by atoms with Crippen LogP contribution in [0, 0.1) is 17.7 Å². The highest BCUT2D eigenvalue weighted by Crippen LogP contribution is 2.53. The third-order valence-electron chi connectivity index (χ3n) is 6.17. The molecule has 0 saturated carbocycles. The minimum atomic E-state index is -1.50. The predicted octanol–water partition coefficient (Wildman–Crippen LogP) is 1.13. The van der Waals surface area contributed by atoms with Gasteiger partial charge in [-0.25, -0.2) is 9.29 Å². The van der Waals surface area contributed by atoms with Gasteiger partial charge in [0, 0.05) is 17.3 Å². The van der Waals surface area contributed by atoms with Gasteiger partial charge in [0.1, 0.15) is 11.4 Å². The fraction of sp³-hybridized carbons (Fsp3) is 0.286. The van der Waals surface area contributed by atoms with Gasteiger partial charge >= 0.3 is 0 Å². The van der Waals surface area contributed by atoms with E-state index in [1.807, 2.05) is 0 Å². The number of carbonyl (C=O) groups excluding carboxylic acids is 3. The van der Waals surface area contributed by atoms with E-state index in [0.717, 1.165) is 4.90 Å². The average Bonchev–Trinajstić information content (AvgIpc) is 3.28. The van der Waals surface area contributed by atoms with Crippen molar-refractivity contribution >= 4 is 29.1 Å². The van der Waals surface area contributed by atoms with E-state index in [4.69, 9.17) is 0 Å². The molecule has 3 aliphatic rings. The summed E-state index contributed by atoms with van der Waals surface area (Å²) in [5, 5.41) is 16.2. The lowest BCUT2D eigenvalue weighted by Crippen LogP contribution is -2.55. The standard InChI is InChI=1S/C21H18FN3O4/c1-10(26)17-15-16(19(28)25(18(15)27)14-9-5-3-7-12(14)22)21(24-17)11-6-2-4-8-13(11)23-20(21)29/h2-10,15-17,24,26H,1H3,(H,23,29)/t10-,15+,16-,17-,21+/m1/s1. The van der Waals surface area contributed by atoms with E-state index in [2.05, 4.69) is 10.6 Å². The molecule has 2 fully saturated rings. The summed E-state index contributed by atoms with van der Waals surface area (Å²) in [5.41, 5.74) is -0.572. The van der Waals surface area contributed by atoms with Gasteiger partial charge in [0.25, 0.3) is 0 Å². The van der Waals surface area contributed by atoms with Crippen molar-refractivity contribution in [2.75, 3.05) is 10.2 Å². The molecule has 0 aromatic heterocycles. The van der Waals surface area contributed by atoms with Crippen LogP contribution in [0.1, 0.15) is 12.5 Å². The molecule has 3 aliphatic heterocycles. The number of aliphatic hydroxyl groups is 1. The van der Waals surface area contributed by atoms with Crippen molar-refractivity contribution < 1.29 is 23.9 Å². The first-order valence-corrected chi connectivity index (χ1v) is 9.37. The molecule has 3 heterocycles. The highest BCUT2D eigenvalue weighted by atomic mass is 19.1. The van der Waals surface area contributed by atoms with Crippen molar-refractivity contribution in [3.8, 4) is 0 Å². The number of benzene rings is 2. The quantitative estimate of drug-likeness (QED) is 0.663. The van der Waals surface area contributed by atoms with Crippen LogP contribution in [0.15, 0.2) is 48.5 Å². The molecule has 148 valence electrons. The van der Waals surface area contributed by atoms with Crippen LogP contribution in [-0.4, -0.2) is 35.0 Å². The molecular formula is C21H18FN3O4. The molecule has 3 amide bonds. The van der Waals surface area contributed by atoms with Crippen molar-refractivity contribution in [1.82, 2.24) is 5.32 Å². The Labute approximate surface area is 165 Å². The number of halogens is 1. The van der Waals surface area contributed by atoms with E-state index < -0.39 is 53.1 Å². The molecule has 2 saturated heterocycles. The number of rotatable bonds is 2. The van der Waals surface area contributed by atoms with Crippen molar-refractivity contribution in [1.29, 1.82) is 0 Å². The first-order valence-electron chi connectivity index (χ1n) is 9.37. The van der Waals surface area contributed by atoms with Crippen molar-refractivity contribution in [2.24, 2.45) is 11.8 Å². The summed E-state index contributed by atoms with van der Waals surface area (Å²) in [7, 11) is 0. The van der Waals surface area contributed by atoms with E-state index in [1.54, 1.807) is 24.3 Å². The summed E-state index contributed by atoms with van der Waals surface area (Å²) in [5.74, 6) is -4.56. The number of hydrogen-bond donors (Lipinski definition) is 3. The molecule has 0 radical (unpaired) electrons. The molecule has 0 bridgehead atoms. The Kier molecular flexibility index (Phi) is 3.68. The molecule has 0 unspecified atom stereocenters. The number of hydrogen-bond acceptors (Lipinski definition) is 5. The molecule has 3 N–H and O–H groups in total. The van der Waals surface area contributed by atoms with Gasteiger partial charge in [-0.1, -0.05) is 30.3 Å². The van der Waals surface area contributed by atoms with Crippen LogP contribution in [0.25, 0.3) is 0 Å². The monoisotopic (exact) mass is 395 g/mol. The van der Waals surface area contributed by atoms with Gasteiger partial charge in [-0.3, -0.25) is 19.7 Å². The molecule has 29 heavy (non-hydrogen) atoms. The molecule has 8 heteroatoms. The van der Waals surface area contributed by atoms with E-state index in [0.29, 0.717) is 11.3 Å². The van der Waals surface area contributed by atoms with Crippen molar-refractivity contribution in [3.05, 3.63) is 59.9 Å². The maximum absolute atomic E-state index is 14.4. The van der Waals surface area contributed by atoms with Crippen LogP contribution in [0.5, 0.6) is 0 Å². The Hall–Kier alpha value is -3.10. The lowest BCUT2D eigenvalue weighted by Gasteiger charge is -2.30. The SMILES string of the molecule is C[C@@H](O)[C@H]1N[C@]2(C(=O)Nc3ccccc32)[C@H]2C(=O)N(c3ccccc3F)C(=O)[C@H]12. The van der Waals surface area contributed by atoms with Gasteiger partial charge in [-0.15, -0.1) is 0 Å². The van der Waals surface area contributed by atoms with Gasteiger partial charge in [0.15, 0.2) is 0 Å². The third-order valence-corrected chi connectivity index (χ3v) is 6.17. The van der Waals surface area contributed by atoms with Crippen LogP contribution < -0.4 is 15.5 Å². The van der Waals surface area contributed by atoms with Gasteiger partial charge in [-0.05, 0) is 25.1 Å². The largest absolute Gasteiger partial charge is 0.392 e. The molecular weight excluding hydrogens is 377 g/mol. The average molecular weight is 395 g/mol. The second kappa shape index (κ2) is 5.95. The fourth-order valence-electron chi connectivity index (χ4n) is 4.97. The van der Waals surface area contributed by atoms with Crippen LogP contribution in [0.4, 0.5) is 15.8 Å². The Balaban J connectivity index is 1.71. The van der Waals surface area contributed by atoms with Crippen LogP contribution in [-0.2, 0) is 19.9 Å². The number of imide groups is 1. The van der Waals surface area contributed by atoms with Gasteiger partial charge in [0.2, 0.25) is 17.7 Å². The Morgan fingerprint density at radius 2 is 1.76 bits per heavy atom. The first kappa shape index (κ1) is 18.0.